The maximum absolute atomic E-state index is 11.0. The molecule has 1 heterocycles. The Morgan fingerprint density at radius 1 is 1.56 bits per heavy atom. The van der Waals surface area contributed by atoms with Crippen molar-refractivity contribution in [3.63, 3.8) is 0 Å². The van der Waals surface area contributed by atoms with Crippen molar-refractivity contribution in [3.05, 3.63) is 5.82 Å². The zero-order chi connectivity index (χ0) is 11.7. The summed E-state index contributed by atoms with van der Waals surface area (Å²) in [6, 6.07) is -0.597. The minimum Gasteiger partial charge on any atom is -0.480 e. The van der Waals surface area contributed by atoms with Gasteiger partial charge in [0.1, 0.15) is 11.9 Å². The average Bonchev–Trinajstić information content (AvgIpc) is 2.94. The summed E-state index contributed by atoms with van der Waals surface area (Å²) in [5, 5.41) is 12.6. The fraction of sp³-hybridized carbons (Fsp3) is 0.700. The number of carboxylic acid groups (broad SMARTS) is 1. The van der Waals surface area contributed by atoms with Crippen LogP contribution in [0.3, 0.4) is 0 Å². The highest BCUT2D eigenvalue weighted by Gasteiger charge is 2.29. The highest BCUT2D eigenvalue weighted by molar-refractivity contribution is 7.09. The molecule has 0 amide bonds. The van der Waals surface area contributed by atoms with Gasteiger partial charge in [0.25, 0.3) is 0 Å². The quantitative estimate of drug-likeness (QED) is 0.824. The van der Waals surface area contributed by atoms with Crippen molar-refractivity contribution >= 4 is 22.6 Å². The van der Waals surface area contributed by atoms with Gasteiger partial charge in [0.05, 0.1) is 0 Å². The van der Waals surface area contributed by atoms with Crippen LogP contribution in [0, 0.1) is 5.92 Å². The minimum absolute atomic E-state index is 0.0192. The second kappa shape index (κ2) is 4.37. The Kier molecular flexibility index (Phi) is 3.09. The fourth-order valence-electron chi connectivity index (χ4n) is 1.45. The molecule has 5 nitrogen and oxygen atoms in total. The van der Waals surface area contributed by atoms with Gasteiger partial charge in [-0.25, -0.2) is 9.78 Å². The third-order valence-electron chi connectivity index (χ3n) is 2.60. The molecule has 0 radical (unpaired) electrons. The fourth-order valence-corrected chi connectivity index (χ4v) is 2.13. The first-order valence-electron chi connectivity index (χ1n) is 5.41. The van der Waals surface area contributed by atoms with E-state index in [4.69, 9.17) is 5.11 Å². The zero-order valence-corrected chi connectivity index (χ0v) is 10.1. The Bertz CT molecular complexity index is 387. The molecule has 1 aromatic heterocycles. The van der Waals surface area contributed by atoms with Gasteiger partial charge in [0.15, 0.2) is 0 Å². The number of hydrogen-bond donors (Lipinski definition) is 2. The lowest BCUT2D eigenvalue weighted by Gasteiger charge is -2.16. The summed E-state index contributed by atoms with van der Waals surface area (Å²) >= 11 is 1.25. The van der Waals surface area contributed by atoms with Crippen LogP contribution in [0.25, 0.3) is 0 Å². The lowest BCUT2D eigenvalue weighted by Crippen LogP contribution is -2.34. The van der Waals surface area contributed by atoms with E-state index in [1.54, 1.807) is 0 Å². The van der Waals surface area contributed by atoms with Crippen molar-refractivity contribution in [1.82, 2.24) is 9.36 Å². The molecule has 88 valence electrons. The van der Waals surface area contributed by atoms with E-state index < -0.39 is 12.0 Å². The maximum atomic E-state index is 11.0. The summed E-state index contributed by atoms with van der Waals surface area (Å²) in [7, 11) is 0. The summed E-state index contributed by atoms with van der Waals surface area (Å²) in [6.45, 7) is 3.74. The predicted molar refractivity (Wildman–Crippen MR) is 61.8 cm³/mol. The molecule has 1 fully saturated rings. The van der Waals surface area contributed by atoms with E-state index in [0.29, 0.717) is 11.0 Å². The molecular weight excluding hydrogens is 226 g/mol. The van der Waals surface area contributed by atoms with Crippen LogP contribution in [0.1, 0.15) is 38.4 Å². The second-order valence-corrected chi connectivity index (χ2v) is 5.19. The van der Waals surface area contributed by atoms with E-state index in [1.165, 1.54) is 11.5 Å². The number of anilines is 1. The van der Waals surface area contributed by atoms with E-state index in [-0.39, 0.29) is 5.92 Å². The Morgan fingerprint density at radius 3 is 2.75 bits per heavy atom. The first-order chi connectivity index (χ1) is 7.58. The molecule has 0 bridgehead atoms. The Morgan fingerprint density at radius 2 is 2.25 bits per heavy atom. The smallest absolute Gasteiger partial charge is 0.326 e. The van der Waals surface area contributed by atoms with Crippen LogP contribution in [0.5, 0.6) is 0 Å². The van der Waals surface area contributed by atoms with Crippen molar-refractivity contribution < 1.29 is 9.90 Å². The third kappa shape index (κ3) is 2.49. The van der Waals surface area contributed by atoms with Gasteiger partial charge in [-0.1, -0.05) is 13.8 Å². The molecule has 16 heavy (non-hydrogen) atoms. The lowest BCUT2D eigenvalue weighted by molar-refractivity contribution is -0.138. The third-order valence-corrected chi connectivity index (χ3v) is 3.26. The van der Waals surface area contributed by atoms with Gasteiger partial charge >= 0.3 is 5.97 Å². The number of nitrogens with zero attached hydrogens (tertiary/aromatic N) is 2. The van der Waals surface area contributed by atoms with Gasteiger partial charge in [-0.2, -0.15) is 4.37 Å². The highest BCUT2D eigenvalue weighted by atomic mass is 32.1. The van der Waals surface area contributed by atoms with Crippen LogP contribution in [0.4, 0.5) is 5.13 Å². The molecule has 1 aliphatic carbocycles. The minimum atomic E-state index is -0.849. The number of aliphatic carboxylic acids is 1. The highest BCUT2D eigenvalue weighted by Crippen LogP contribution is 2.39. The van der Waals surface area contributed by atoms with Crippen molar-refractivity contribution in [2.75, 3.05) is 5.32 Å². The summed E-state index contributed by atoms with van der Waals surface area (Å²) in [5.74, 6) is 0.540. The molecule has 1 aliphatic rings. The number of aromatic nitrogens is 2. The van der Waals surface area contributed by atoms with E-state index in [1.807, 2.05) is 13.8 Å². The Hall–Kier alpha value is -1.17. The molecule has 1 saturated carbocycles. The van der Waals surface area contributed by atoms with Gasteiger partial charge in [0, 0.05) is 17.5 Å². The first-order valence-corrected chi connectivity index (χ1v) is 6.18. The molecule has 6 heteroatoms. The van der Waals surface area contributed by atoms with Crippen molar-refractivity contribution in [2.24, 2.45) is 5.92 Å². The maximum Gasteiger partial charge on any atom is 0.326 e. The SMILES string of the molecule is CC(C)[C@@H](Nc1nc(C2CC2)ns1)C(=O)O. The summed E-state index contributed by atoms with van der Waals surface area (Å²) in [5.41, 5.74) is 0. The number of carbonyl (C=O) groups is 1. The van der Waals surface area contributed by atoms with E-state index in [9.17, 15) is 4.79 Å². The van der Waals surface area contributed by atoms with Gasteiger partial charge in [-0.3, -0.25) is 0 Å². The zero-order valence-electron chi connectivity index (χ0n) is 9.30. The van der Waals surface area contributed by atoms with Crippen LogP contribution in [0.15, 0.2) is 0 Å². The summed E-state index contributed by atoms with van der Waals surface area (Å²) < 4.78 is 4.23. The Balaban J connectivity index is 2.03. The topological polar surface area (TPSA) is 75.1 Å². The molecule has 2 N–H and O–H groups in total. The number of nitrogens with one attached hydrogen (secondary N) is 1. The molecular formula is C10H15N3O2S. The number of hydrogen-bond acceptors (Lipinski definition) is 5. The van der Waals surface area contributed by atoms with Crippen LogP contribution in [0.2, 0.25) is 0 Å². The van der Waals surface area contributed by atoms with E-state index in [2.05, 4.69) is 14.7 Å². The molecule has 0 saturated heterocycles. The van der Waals surface area contributed by atoms with Crippen LogP contribution in [-0.4, -0.2) is 26.5 Å². The molecule has 1 atom stereocenters. The second-order valence-electron chi connectivity index (χ2n) is 4.44. The summed E-state index contributed by atoms with van der Waals surface area (Å²) in [6.07, 6.45) is 2.31. The number of carboxylic acids is 1. The summed E-state index contributed by atoms with van der Waals surface area (Å²) in [4.78, 5) is 15.3. The van der Waals surface area contributed by atoms with Gasteiger partial charge in [-0.05, 0) is 18.8 Å². The van der Waals surface area contributed by atoms with Crippen LogP contribution in [-0.2, 0) is 4.79 Å². The van der Waals surface area contributed by atoms with E-state index in [0.717, 1.165) is 18.7 Å². The standard InChI is InChI=1S/C10H15N3O2S/c1-5(2)7(9(14)15)11-10-12-8(13-16-10)6-3-4-6/h5-7H,3-4H2,1-2H3,(H,14,15)(H,11,12,13)/t7-/m1/s1. The Labute approximate surface area is 98.1 Å². The predicted octanol–water partition coefficient (Wildman–Crippen LogP) is 1.94. The molecule has 0 aliphatic heterocycles. The molecule has 2 rings (SSSR count). The van der Waals surface area contributed by atoms with Crippen molar-refractivity contribution in [1.29, 1.82) is 0 Å². The van der Waals surface area contributed by atoms with Gasteiger partial charge < -0.3 is 10.4 Å². The molecule has 0 spiro atoms. The van der Waals surface area contributed by atoms with Crippen molar-refractivity contribution in [2.45, 2.75) is 38.6 Å². The molecule has 0 unspecified atom stereocenters. The molecule has 1 aromatic rings. The van der Waals surface area contributed by atoms with Crippen molar-refractivity contribution in [3.8, 4) is 0 Å². The van der Waals surface area contributed by atoms with E-state index >= 15 is 0 Å². The average molecular weight is 241 g/mol. The van der Waals surface area contributed by atoms with Gasteiger partial charge in [-0.15, -0.1) is 0 Å². The van der Waals surface area contributed by atoms with Crippen LogP contribution < -0.4 is 5.32 Å². The normalized spacial score (nSPS) is 17.4. The lowest BCUT2D eigenvalue weighted by atomic mass is 10.1. The number of rotatable bonds is 5. The first kappa shape index (κ1) is 11.3. The van der Waals surface area contributed by atoms with Crippen LogP contribution >= 0.6 is 11.5 Å². The monoisotopic (exact) mass is 241 g/mol. The largest absolute Gasteiger partial charge is 0.480 e. The van der Waals surface area contributed by atoms with Gasteiger partial charge in [0.2, 0.25) is 5.13 Å². The molecule has 0 aromatic carbocycles.